The van der Waals surface area contributed by atoms with Crippen LogP contribution in [0.15, 0.2) is 54.6 Å². The van der Waals surface area contributed by atoms with E-state index in [0.717, 1.165) is 32.5 Å². The summed E-state index contributed by atoms with van der Waals surface area (Å²) < 4.78 is 0. The molecular formula is C23H30N4O2. The summed E-state index contributed by atoms with van der Waals surface area (Å²) in [6, 6.07) is 17.6. The highest BCUT2D eigenvalue weighted by molar-refractivity contribution is 5.94. The van der Waals surface area contributed by atoms with Gasteiger partial charge in [-0.1, -0.05) is 42.5 Å². The molecule has 1 saturated heterocycles. The van der Waals surface area contributed by atoms with Crippen LogP contribution in [0.2, 0.25) is 0 Å². The van der Waals surface area contributed by atoms with E-state index in [9.17, 15) is 9.59 Å². The summed E-state index contributed by atoms with van der Waals surface area (Å²) in [6.45, 7) is 5.87. The average Bonchev–Trinajstić information content (AvgIpc) is 2.75. The second-order valence-electron chi connectivity index (χ2n) is 7.50. The molecule has 2 aromatic rings. The van der Waals surface area contributed by atoms with Crippen LogP contribution in [0.3, 0.4) is 0 Å². The van der Waals surface area contributed by atoms with Crippen molar-refractivity contribution >= 4 is 11.9 Å². The number of hydrogen-bond donors (Lipinski definition) is 3. The van der Waals surface area contributed by atoms with Gasteiger partial charge in [0, 0.05) is 44.3 Å². The highest BCUT2D eigenvalue weighted by Crippen LogP contribution is 2.16. The Balaban J connectivity index is 1.30. The molecular weight excluding hydrogens is 364 g/mol. The molecule has 29 heavy (non-hydrogen) atoms. The molecule has 1 aliphatic heterocycles. The second kappa shape index (κ2) is 10.6. The first-order valence-electron chi connectivity index (χ1n) is 10.3. The number of rotatable bonds is 7. The first kappa shape index (κ1) is 20.9. The van der Waals surface area contributed by atoms with Crippen LogP contribution < -0.4 is 16.0 Å². The lowest BCUT2D eigenvalue weighted by molar-refractivity contribution is 0.0953. The van der Waals surface area contributed by atoms with Crippen LogP contribution in [0.1, 0.15) is 34.3 Å². The highest BCUT2D eigenvalue weighted by atomic mass is 16.2. The number of hydrogen-bond acceptors (Lipinski definition) is 3. The number of aryl methyl sites for hydroxylation is 1. The van der Waals surface area contributed by atoms with Gasteiger partial charge in [0.1, 0.15) is 0 Å². The van der Waals surface area contributed by atoms with Crippen LogP contribution in [0, 0.1) is 6.92 Å². The van der Waals surface area contributed by atoms with Gasteiger partial charge in [0.2, 0.25) is 0 Å². The van der Waals surface area contributed by atoms with Crippen LogP contribution >= 0.6 is 0 Å². The number of amides is 3. The molecule has 0 atom stereocenters. The third-order valence-corrected chi connectivity index (χ3v) is 5.31. The zero-order valence-electron chi connectivity index (χ0n) is 17.0. The molecule has 6 nitrogen and oxygen atoms in total. The van der Waals surface area contributed by atoms with Gasteiger partial charge in [-0.25, -0.2) is 4.79 Å². The minimum atomic E-state index is -0.170. The van der Waals surface area contributed by atoms with Crippen molar-refractivity contribution in [1.82, 2.24) is 20.9 Å². The number of benzene rings is 2. The van der Waals surface area contributed by atoms with Gasteiger partial charge < -0.3 is 16.0 Å². The summed E-state index contributed by atoms with van der Waals surface area (Å²) in [5, 5.41) is 8.67. The Labute approximate surface area is 172 Å². The van der Waals surface area contributed by atoms with Gasteiger partial charge in [-0.15, -0.1) is 0 Å². The number of carbonyl (C=O) groups is 2. The third kappa shape index (κ3) is 6.61. The zero-order chi connectivity index (χ0) is 20.5. The van der Waals surface area contributed by atoms with Gasteiger partial charge in [0.05, 0.1) is 0 Å². The first-order valence-corrected chi connectivity index (χ1v) is 10.3. The van der Waals surface area contributed by atoms with Gasteiger partial charge in [0.25, 0.3) is 5.91 Å². The monoisotopic (exact) mass is 394 g/mol. The minimum Gasteiger partial charge on any atom is -0.350 e. The van der Waals surface area contributed by atoms with E-state index in [1.807, 2.05) is 18.2 Å². The molecule has 6 heteroatoms. The van der Waals surface area contributed by atoms with Crippen molar-refractivity contribution < 1.29 is 9.59 Å². The number of carbonyl (C=O) groups excluding carboxylic acids is 2. The molecule has 0 unspecified atom stereocenters. The fourth-order valence-corrected chi connectivity index (χ4v) is 3.54. The number of nitrogens with zero attached hydrogens (tertiary/aromatic N) is 1. The molecule has 0 saturated carbocycles. The second-order valence-corrected chi connectivity index (χ2v) is 7.50. The summed E-state index contributed by atoms with van der Waals surface area (Å²) in [4.78, 5) is 26.5. The van der Waals surface area contributed by atoms with Crippen molar-refractivity contribution in [1.29, 1.82) is 0 Å². The van der Waals surface area contributed by atoms with Crippen LogP contribution in [0.5, 0.6) is 0 Å². The Bertz CT molecular complexity index is 802. The Morgan fingerprint density at radius 3 is 2.31 bits per heavy atom. The lowest BCUT2D eigenvalue weighted by Crippen LogP contribution is -2.48. The van der Waals surface area contributed by atoms with Gasteiger partial charge in [-0.05, 0) is 43.0 Å². The van der Waals surface area contributed by atoms with E-state index in [-0.39, 0.29) is 18.0 Å². The molecule has 0 aromatic heterocycles. The number of likely N-dealkylation sites (tertiary alicyclic amines) is 1. The van der Waals surface area contributed by atoms with E-state index in [1.165, 1.54) is 11.1 Å². The van der Waals surface area contributed by atoms with E-state index in [0.29, 0.717) is 18.7 Å². The summed E-state index contributed by atoms with van der Waals surface area (Å²) in [5.74, 6) is -0.131. The summed E-state index contributed by atoms with van der Waals surface area (Å²) in [5.41, 5.74) is 3.31. The molecule has 1 heterocycles. The van der Waals surface area contributed by atoms with Crippen LogP contribution in [0.25, 0.3) is 0 Å². The van der Waals surface area contributed by atoms with E-state index in [2.05, 4.69) is 52.0 Å². The van der Waals surface area contributed by atoms with Crippen LogP contribution in [-0.4, -0.2) is 49.1 Å². The highest BCUT2D eigenvalue weighted by Gasteiger charge is 2.20. The van der Waals surface area contributed by atoms with Crippen molar-refractivity contribution in [3.63, 3.8) is 0 Å². The molecule has 3 rings (SSSR count). The zero-order valence-corrected chi connectivity index (χ0v) is 17.0. The predicted octanol–water partition coefficient (Wildman–Crippen LogP) is 2.69. The molecule has 1 aliphatic rings. The maximum Gasteiger partial charge on any atom is 0.315 e. The van der Waals surface area contributed by atoms with Gasteiger partial charge in [0.15, 0.2) is 0 Å². The lowest BCUT2D eigenvalue weighted by Gasteiger charge is -2.32. The molecule has 3 amide bonds. The predicted molar refractivity (Wildman–Crippen MR) is 115 cm³/mol. The van der Waals surface area contributed by atoms with Gasteiger partial charge in [-0.3, -0.25) is 9.69 Å². The van der Waals surface area contributed by atoms with Crippen molar-refractivity contribution in [3.8, 4) is 0 Å². The molecule has 2 aromatic carbocycles. The first-order chi connectivity index (χ1) is 14.1. The minimum absolute atomic E-state index is 0.131. The van der Waals surface area contributed by atoms with E-state index in [4.69, 9.17) is 0 Å². The summed E-state index contributed by atoms with van der Waals surface area (Å²) in [7, 11) is 0. The summed E-state index contributed by atoms with van der Waals surface area (Å²) >= 11 is 0. The maximum atomic E-state index is 12.1. The number of urea groups is 1. The fourth-order valence-electron chi connectivity index (χ4n) is 3.54. The molecule has 154 valence electrons. The Hall–Kier alpha value is -2.86. The molecule has 0 spiro atoms. The molecule has 3 N–H and O–H groups in total. The maximum absolute atomic E-state index is 12.1. The van der Waals surface area contributed by atoms with E-state index < -0.39 is 0 Å². The van der Waals surface area contributed by atoms with Crippen molar-refractivity contribution in [3.05, 3.63) is 71.3 Å². The third-order valence-electron chi connectivity index (χ3n) is 5.31. The van der Waals surface area contributed by atoms with Gasteiger partial charge in [-0.2, -0.15) is 0 Å². The number of nitrogens with one attached hydrogen (secondary N) is 3. The average molecular weight is 395 g/mol. The molecule has 0 bridgehead atoms. The lowest BCUT2D eigenvalue weighted by atomic mass is 10.0. The quantitative estimate of drug-likeness (QED) is 0.632. The Morgan fingerprint density at radius 1 is 0.931 bits per heavy atom. The standard InChI is InChI=1S/C23H30N4O2/c1-18-7-5-6-10-20(18)17-27-15-11-21(12-16-27)26-23(29)25-14-13-24-22(28)19-8-3-2-4-9-19/h2-10,21H,11-17H2,1H3,(H,24,28)(H2,25,26,29). The molecule has 1 fully saturated rings. The van der Waals surface area contributed by atoms with Crippen LogP contribution in [0.4, 0.5) is 4.79 Å². The van der Waals surface area contributed by atoms with Gasteiger partial charge >= 0.3 is 6.03 Å². The fraction of sp³-hybridized carbons (Fsp3) is 0.391. The van der Waals surface area contributed by atoms with E-state index in [1.54, 1.807) is 12.1 Å². The van der Waals surface area contributed by atoms with Crippen LogP contribution in [-0.2, 0) is 6.54 Å². The normalized spacial score (nSPS) is 14.9. The summed E-state index contributed by atoms with van der Waals surface area (Å²) in [6.07, 6.45) is 1.90. The van der Waals surface area contributed by atoms with Crippen molar-refractivity contribution in [2.24, 2.45) is 0 Å². The molecule has 0 aliphatic carbocycles. The van der Waals surface area contributed by atoms with Crippen molar-refractivity contribution in [2.75, 3.05) is 26.2 Å². The number of piperidine rings is 1. The smallest absolute Gasteiger partial charge is 0.315 e. The largest absolute Gasteiger partial charge is 0.350 e. The van der Waals surface area contributed by atoms with E-state index >= 15 is 0 Å². The Morgan fingerprint density at radius 2 is 1.59 bits per heavy atom. The SMILES string of the molecule is Cc1ccccc1CN1CCC(NC(=O)NCCNC(=O)c2ccccc2)CC1. The molecule has 0 radical (unpaired) electrons. The van der Waals surface area contributed by atoms with Crippen molar-refractivity contribution in [2.45, 2.75) is 32.4 Å². The topological polar surface area (TPSA) is 73.5 Å². The Kier molecular flexibility index (Phi) is 7.64.